The van der Waals surface area contributed by atoms with Crippen LogP contribution in [0.25, 0.3) is 0 Å². The second kappa shape index (κ2) is 7.32. The Kier molecular flexibility index (Phi) is 4.76. The fourth-order valence-corrected chi connectivity index (χ4v) is 3.74. The van der Waals surface area contributed by atoms with Crippen molar-refractivity contribution in [1.29, 1.82) is 0 Å². The van der Waals surface area contributed by atoms with Gasteiger partial charge in [-0.25, -0.2) is 0 Å². The molecule has 4 nitrogen and oxygen atoms in total. The normalized spacial score (nSPS) is 20.7. The van der Waals surface area contributed by atoms with Gasteiger partial charge in [-0.05, 0) is 43.6 Å². The molecule has 1 aromatic carbocycles. The molecule has 0 bridgehead atoms. The fourth-order valence-electron chi connectivity index (χ4n) is 3.74. The van der Waals surface area contributed by atoms with Crippen LogP contribution in [0.15, 0.2) is 54.9 Å². The molecule has 2 aromatic rings. The average Bonchev–Trinajstić information content (AvgIpc) is 2.61. The van der Waals surface area contributed by atoms with Crippen molar-refractivity contribution >= 4 is 0 Å². The third kappa shape index (κ3) is 3.77. The van der Waals surface area contributed by atoms with Gasteiger partial charge in [0.25, 0.3) is 0 Å². The van der Waals surface area contributed by atoms with Gasteiger partial charge in [0.15, 0.2) is 0 Å². The van der Waals surface area contributed by atoms with Crippen LogP contribution in [-0.4, -0.2) is 53.1 Å². The second-order valence-electron chi connectivity index (χ2n) is 6.87. The first kappa shape index (κ1) is 15.6. The van der Waals surface area contributed by atoms with Crippen LogP contribution in [0.4, 0.5) is 0 Å². The second-order valence-corrected chi connectivity index (χ2v) is 6.87. The average molecular weight is 323 g/mol. The summed E-state index contributed by atoms with van der Waals surface area (Å²) in [4.78, 5) is 9.20. The molecule has 2 fully saturated rings. The number of pyridine rings is 1. The number of hydrogen-bond acceptors (Lipinski definition) is 4. The number of rotatable bonds is 5. The molecule has 3 heterocycles. The van der Waals surface area contributed by atoms with E-state index in [1.807, 2.05) is 12.1 Å². The van der Waals surface area contributed by atoms with E-state index in [1.54, 1.807) is 12.4 Å². The minimum absolute atomic E-state index is 0.342. The lowest BCUT2D eigenvalue weighted by Crippen LogP contribution is -2.59. The van der Waals surface area contributed by atoms with E-state index in [2.05, 4.69) is 45.1 Å². The van der Waals surface area contributed by atoms with E-state index in [-0.39, 0.29) is 0 Å². The summed E-state index contributed by atoms with van der Waals surface area (Å²) in [7, 11) is 0. The zero-order valence-electron chi connectivity index (χ0n) is 14.1. The molecule has 4 rings (SSSR count). The number of piperidine rings is 1. The molecule has 0 atom stereocenters. The van der Waals surface area contributed by atoms with Crippen LogP contribution in [0.5, 0.6) is 5.75 Å². The lowest BCUT2D eigenvalue weighted by Gasteiger charge is -2.46. The highest BCUT2D eigenvalue weighted by atomic mass is 16.5. The molecule has 2 aliphatic rings. The molecule has 4 heteroatoms. The van der Waals surface area contributed by atoms with Gasteiger partial charge >= 0.3 is 0 Å². The third-order valence-electron chi connectivity index (χ3n) is 5.15. The Labute approximate surface area is 144 Å². The van der Waals surface area contributed by atoms with Gasteiger partial charge in [0.2, 0.25) is 0 Å². The van der Waals surface area contributed by atoms with E-state index < -0.39 is 0 Å². The Morgan fingerprint density at radius 1 is 0.958 bits per heavy atom. The van der Waals surface area contributed by atoms with Gasteiger partial charge in [-0.3, -0.25) is 14.8 Å². The van der Waals surface area contributed by atoms with Crippen LogP contribution >= 0.6 is 0 Å². The zero-order chi connectivity index (χ0) is 16.2. The summed E-state index contributed by atoms with van der Waals surface area (Å²) in [6.07, 6.45) is 6.46. The third-order valence-corrected chi connectivity index (χ3v) is 5.15. The van der Waals surface area contributed by atoms with E-state index in [0.29, 0.717) is 6.10 Å². The van der Waals surface area contributed by atoms with E-state index in [0.717, 1.165) is 31.4 Å². The molecule has 2 saturated heterocycles. The minimum atomic E-state index is 0.342. The Bertz CT molecular complexity index is 620. The van der Waals surface area contributed by atoms with E-state index in [9.17, 15) is 0 Å². The van der Waals surface area contributed by atoms with Crippen LogP contribution in [0.2, 0.25) is 0 Å². The van der Waals surface area contributed by atoms with Gasteiger partial charge in [0.1, 0.15) is 11.9 Å². The van der Waals surface area contributed by atoms with Crippen molar-refractivity contribution in [3.8, 4) is 5.75 Å². The topological polar surface area (TPSA) is 28.6 Å². The van der Waals surface area contributed by atoms with Crippen molar-refractivity contribution in [2.75, 3.05) is 26.2 Å². The van der Waals surface area contributed by atoms with Gasteiger partial charge in [0.05, 0.1) is 0 Å². The Morgan fingerprint density at radius 2 is 1.67 bits per heavy atom. The molecule has 0 saturated carbocycles. The predicted molar refractivity (Wildman–Crippen MR) is 95.0 cm³/mol. The van der Waals surface area contributed by atoms with E-state index in [1.165, 1.54) is 31.5 Å². The maximum Gasteiger partial charge on any atom is 0.124 e. The highest BCUT2D eigenvalue weighted by Crippen LogP contribution is 2.25. The molecule has 0 amide bonds. The molecule has 1 aromatic heterocycles. The lowest BCUT2D eigenvalue weighted by atomic mass is 9.98. The highest BCUT2D eigenvalue weighted by Gasteiger charge is 2.35. The fraction of sp³-hybridized carbons (Fsp3) is 0.450. The van der Waals surface area contributed by atoms with Crippen LogP contribution in [-0.2, 0) is 6.54 Å². The standard InChI is InChI=1S/C20H25N3O/c1-2-4-17(5-3-1)14-22-12-8-18(9-13-22)23-15-20(16-23)24-19-6-10-21-11-7-19/h1-7,10-11,18,20H,8-9,12-16H2. The van der Waals surface area contributed by atoms with Crippen molar-refractivity contribution in [2.24, 2.45) is 0 Å². The smallest absolute Gasteiger partial charge is 0.124 e. The number of nitrogens with zero attached hydrogens (tertiary/aromatic N) is 3. The Hall–Kier alpha value is -1.91. The van der Waals surface area contributed by atoms with Crippen molar-refractivity contribution in [2.45, 2.75) is 31.5 Å². The summed E-state index contributed by atoms with van der Waals surface area (Å²) in [6.45, 7) is 5.61. The summed E-state index contributed by atoms with van der Waals surface area (Å²) in [5.41, 5.74) is 1.42. The quantitative estimate of drug-likeness (QED) is 0.846. The molecular weight excluding hydrogens is 298 g/mol. The number of hydrogen-bond donors (Lipinski definition) is 0. The summed E-state index contributed by atoms with van der Waals surface area (Å²) in [5, 5.41) is 0. The number of benzene rings is 1. The van der Waals surface area contributed by atoms with Crippen molar-refractivity contribution in [3.05, 3.63) is 60.4 Å². The summed E-state index contributed by atoms with van der Waals surface area (Å²) in [6, 6.07) is 15.4. The lowest BCUT2D eigenvalue weighted by molar-refractivity contribution is -0.0272. The van der Waals surface area contributed by atoms with E-state index >= 15 is 0 Å². The largest absolute Gasteiger partial charge is 0.488 e. The predicted octanol–water partition coefficient (Wildman–Crippen LogP) is 2.81. The van der Waals surface area contributed by atoms with Gasteiger partial charge < -0.3 is 4.74 Å². The number of aromatic nitrogens is 1. The Morgan fingerprint density at radius 3 is 2.38 bits per heavy atom. The molecular formula is C20H25N3O. The first-order valence-corrected chi connectivity index (χ1v) is 8.94. The van der Waals surface area contributed by atoms with Gasteiger partial charge in [-0.15, -0.1) is 0 Å². The van der Waals surface area contributed by atoms with Crippen molar-refractivity contribution < 1.29 is 4.74 Å². The SMILES string of the molecule is c1ccc(CN2CCC(N3CC(Oc4ccncc4)C3)CC2)cc1. The number of ether oxygens (including phenoxy) is 1. The maximum atomic E-state index is 5.98. The first-order chi connectivity index (χ1) is 11.9. The summed E-state index contributed by atoms with van der Waals surface area (Å²) < 4.78 is 5.98. The molecule has 0 radical (unpaired) electrons. The molecule has 24 heavy (non-hydrogen) atoms. The van der Waals surface area contributed by atoms with Crippen molar-refractivity contribution in [1.82, 2.24) is 14.8 Å². The Balaban J connectivity index is 1.19. The van der Waals surface area contributed by atoms with Crippen LogP contribution < -0.4 is 4.74 Å². The van der Waals surface area contributed by atoms with Gasteiger partial charge in [0, 0.05) is 38.1 Å². The highest BCUT2D eigenvalue weighted by molar-refractivity contribution is 5.18. The first-order valence-electron chi connectivity index (χ1n) is 8.94. The maximum absolute atomic E-state index is 5.98. The van der Waals surface area contributed by atoms with Crippen molar-refractivity contribution in [3.63, 3.8) is 0 Å². The summed E-state index contributed by atoms with van der Waals surface area (Å²) in [5.74, 6) is 0.937. The van der Waals surface area contributed by atoms with Crippen LogP contribution in [0.1, 0.15) is 18.4 Å². The number of likely N-dealkylation sites (tertiary alicyclic amines) is 2. The van der Waals surface area contributed by atoms with Gasteiger partial charge in [-0.1, -0.05) is 30.3 Å². The van der Waals surface area contributed by atoms with E-state index in [4.69, 9.17) is 4.74 Å². The molecule has 0 aliphatic carbocycles. The zero-order valence-corrected chi connectivity index (χ0v) is 14.1. The van der Waals surface area contributed by atoms with Crippen LogP contribution in [0.3, 0.4) is 0 Å². The monoisotopic (exact) mass is 323 g/mol. The molecule has 0 unspecified atom stereocenters. The van der Waals surface area contributed by atoms with Gasteiger partial charge in [-0.2, -0.15) is 0 Å². The molecule has 2 aliphatic heterocycles. The molecule has 0 N–H and O–H groups in total. The molecule has 0 spiro atoms. The van der Waals surface area contributed by atoms with Crippen LogP contribution in [0, 0.1) is 0 Å². The molecule has 126 valence electrons. The minimum Gasteiger partial charge on any atom is -0.488 e. The summed E-state index contributed by atoms with van der Waals surface area (Å²) >= 11 is 0.